The Kier molecular flexibility index (Phi) is 10.7. The van der Waals surface area contributed by atoms with Crippen LogP contribution >= 0.6 is 0 Å². The first kappa shape index (κ1) is 31.6. The fourth-order valence-corrected chi connectivity index (χ4v) is 6.07. The minimum atomic E-state index is -1.07. The van der Waals surface area contributed by atoms with Gasteiger partial charge in [0.05, 0.1) is 24.5 Å². The molecule has 14 nitrogen and oxygen atoms in total. The highest BCUT2D eigenvalue weighted by atomic mass is 16.4. The van der Waals surface area contributed by atoms with E-state index in [9.17, 15) is 29.1 Å². The number of likely N-dealkylation sites (tertiary alicyclic amines) is 1. The van der Waals surface area contributed by atoms with Crippen LogP contribution in [0.3, 0.4) is 0 Å². The summed E-state index contributed by atoms with van der Waals surface area (Å²) in [5.74, 6) is -2.50. The highest BCUT2D eigenvalue weighted by molar-refractivity contribution is 5.95. The third kappa shape index (κ3) is 7.16. The molecule has 0 aliphatic carbocycles. The normalized spacial score (nSPS) is 26.7. The van der Waals surface area contributed by atoms with E-state index in [0.717, 1.165) is 12.8 Å². The number of H-pyrrole nitrogens is 1. The minimum Gasteiger partial charge on any atom is -0.480 e. The van der Waals surface area contributed by atoms with Gasteiger partial charge in [0.1, 0.15) is 18.1 Å². The summed E-state index contributed by atoms with van der Waals surface area (Å²) >= 11 is 0. The van der Waals surface area contributed by atoms with Crippen molar-refractivity contribution in [3.63, 3.8) is 0 Å². The number of rotatable bonds is 11. The molecule has 232 valence electrons. The van der Waals surface area contributed by atoms with Crippen LogP contribution in [0, 0.1) is 5.92 Å². The molecule has 0 spiro atoms. The van der Waals surface area contributed by atoms with Crippen LogP contribution in [-0.4, -0.2) is 104 Å². The van der Waals surface area contributed by atoms with Crippen LogP contribution in [0.5, 0.6) is 0 Å². The maximum atomic E-state index is 13.7. The predicted molar refractivity (Wildman–Crippen MR) is 151 cm³/mol. The van der Waals surface area contributed by atoms with Crippen LogP contribution in [0.15, 0.2) is 12.5 Å². The highest BCUT2D eigenvalue weighted by Gasteiger charge is 2.42. The fraction of sp³-hybridized carbons (Fsp3) is 0.714. The fourth-order valence-electron chi connectivity index (χ4n) is 6.07. The first-order valence-corrected chi connectivity index (χ1v) is 15.0. The molecule has 42 heavy (non-hydrogen) atoms. The Morgan fingerprint density at radius 1 is 1.07 bits per heavy atom. The second-order valence-corrected chi connectivity index (χ2v) is 11.7. The zero-order chi connectivity index (χ0) is 30.4. The van der Waals surface area contributed by atoms with Crippen molar-refractivity contribution in [3.8, 4) is 0 Å². The average Bonchev–Trinajstić information content (AvgIpc) is 3.72. The summed E-state index contributed by atoms with van der Waals surface area (Å²) in [7, 11) is 0. The monoisotopic (exact) mass is 588 g/mol. The van der Waals surface area contributed by atoms with Crippen molar-refractivity contribution in [2.75, 3.05) is 13.1 Å². The Balaban J connectivity index is 1.44. The van der Waals surface area contributed by atoms with E-state index in [-0.39, 0.29) is 24.0 Å². The molecule has 1 unspecified atom stereocenters. The molecule has 1 aromatic rings. The van der Waals surface area contributed by atoms with Gasteiger partial charge in [-0.3, -0.25) is 29.5 Å². The molecule has 3 aliphatic heterocycles. The van der Waals surface area contributed by atoms with Crippen molar-refractivity contribution in [3.05, 3.63) is 18.2 Å². The van der Waals surface area contributed by atoms with E-state index in [4.69, 9.17) is 5.73 Å². The Hall–Kier alpha value is -3.36. The van der Waals surface area contributed by atoms with E-state index < -0.39 is 54.0 Å². The lowest BCUT2D eigenvalue weighted by molar-refractivity contribution is -0.149. The molecule has 3 aliphatic rings. The molecular weight excluding hydrogens is 544 g/mol. The Labute approximate surface area is 245 Å². The van der Waals surface area contributed by atoms with Crippen LogP contribution in [-0.2, 0) is 30.4 Å². The van der Waals surface area contributed by atoms with Crippen molar-refractivity contribution in [1.82, 2.24) is 35.9 Å². The summed E-state index contributed by atoms with van der Waals surface area (Å²) < 4.78 is 0. The molecule has 7 atom stereocenters. The van der Waals surface area contributed by atoms with Gasteiger partial charge in [-0.2, -0.15) is 0 Å². The van der Waals surface area contributed by atoms with Gasteiger partial charge in [0.2, 0.25) is 11.8 Å². The van der Waals surface area contributed by atoms with Gasteiger partial charge in [-0.05, 0) is 50.9 Å². The smallest absolute Gasteiger partial charge is 0.326 e. The molecule has 1 aromatic heterocycles. The van der Waals surface area contributed by atoms with E-state index in [0.29, 0.717) is 57.3 Å². The van der Waals surface area contributed by atoms with Crippen molar-refractivity contribution in [2.45, 2.75) is 108 Å². The van der Waals surface area contributed by atoms with Crippen LogP contribution in [0.2, 0.25) is 0 Å². The SMILES string of the molecule is CC[C@H](C)[C@H](N)C(=O)N1NCCC[C@@H]1C(=O)C1CCC[C@@H](C(=O)N[C@H](Cc2cnc[nH]2)C(=O)N2CCC[C@H]2C(=O)O)N1. The zero-order valence-electron chi connectivity index (χ0n) is 24.4. The number of ketones is 1. The van der Waals surface area contributed by atoms with Crippen LogP contribution < -0.4 is 21.8 Å². The van der Waals surface area contributed by atoms with Crippen molar-refractivity contribution >= 4 is 29.5 Å². The summed E-state index contributed by atoms with van der Waals surface area (Å²) in [6, 6.07) is -4.74. The second-order valence-electron chi connectivity index (χ2n) is 11.7. The summed E-state index contributed by atoms with van der Waals surface area (Å²) in [5.41, 5.74) is 9.90. The van der Waals surface area contributed by atoms with E-state index in [1.165, 1.54) is 16.2 Å². The maximum absolute atomic E-state index is 13.7. The summed E-state index contributed by atoms with van der Waals surface area (Å²) in [5, 5.41) is 17.0. The number of aromatic nitrogens is 2. The molecule has 7 N–H and O–H groups in total. The number of nitrogens with one attached hydrogen (secondary N) is 4. The Morgan fingerprint density at radius 3 is 2.50 bits per heavy atom. The summed E-state index contributed by atoms with van der Waals surface area (Å²) in [6.45, 7) is 4.74. The number of amides is 3. The predicted octanol–water partition coefficient (Wildman–Crippen LogP) is -0.539. The lowest BCUT2D eigenvalue weighted by Crippen LogP contribution is -2.65. The lowest BCUT2D eigenvalue weighted by Gasteiger charge is -2.40. The molecule has 4 rings (SSSR count). The van der Waals surface area contributed by atoms with Gasteiger partial charge in [0.15, 0.2) is 5.78 Å². The number of imidazole rings is 1. The standard InChI is InChI=1S/C28H44N8O6/c1-3-16(2)23(29)27(40)36-21(9-5-11-32-36)24(37)18-7-4-8-19(33-18)25(38)34-20(13-17-14-30-15-31-17)26(39)35-12-6-10-22(35)28(41)42/h14-16,18-23,32-33H,3-13,29H2,1-2H3,(H,30,31)(H,34,38)(H,41,42)/t16-,18?,19-,20+,21+,22-,23-/m0/s1. The van der Waals surface area contributed by atoms with Gasteiger partial charge < -0.3 is 26.0 Å². The number of hydrogen-bond acceptors (Lipinski definition) is 9. The molecule has 3 saturated heterocycles. The van der Waals surface area contributed by atoms with Gasteiger partial charge in [0, 0.05) is 31.4 Å². The first-order valence-electron chi connectivity index (χ1n) is 15.0. The number of Topliss-reactive ketones (excluding diaryl/α,β-unsaturated/α-hetero) is 1. The topological polar surface area (TPSA) is 203 Å². The number of aliphatic carboxylic acids is 1. The van der Waals surface area contributed by atoms with Crippen LogP contribution in [0.4, 0.5) is 0 Å². The van der Waals surface area contributed by atoms with E-state index in [2.05, 4.69) is 26.0 Å². The Morgan fingerprint density at radius 2 is 1.81 bits per heavy atom. The number of carbonyl (C=O) groups excluding carboxylic acids is 4. The summed E-state index contributed by atoms with van der Waals surface area (Å²) in [6.07, 6.45) is 7.61. The van der Waals surface area contributed by atoms with Crippen molar-refractivity contribution < 1.29 is 29.1 Å². The van der Waals surface area contributed by atoms with Gasteiger partial charge in [-0.15, -0.1) is 0 Å². The lowest BCUT2D eigenvalue weighted by atomic mass is 9.89. The number of carbonyl (C=O) groups is 5. The molecular formula is C28H44N8O6. The van der Waals surface area contributed by atoms with E-state index >= 15 is 0 Å². The zero-order valence-corrected chi connectivity index (χ0v) is 24.4. The van der Waals surface area contributed by atoms with Crippen LogP contribution in [0.1, 0.15) is 70.9 Å². The number of piperidine rings is 1. The number of hydrazine groups is 1. The Bertz CT molecular complexity index is 1130. The number of aromatic amines is 1. The number of carboxylic acid groups (broad SMARTS) is 1. The quantitative estimate of drug-likeness (QED) is 0.195. The van der Waals surface area contributed by atoms with E-state index in [1.54, 1.807) is 6.20 Å². The molecule has 0 aromatic carbocycles. The van der Waals surface area contributed by atoms with Crippen molar-refractivity contribution in [1.29, 1.82) is 0 Å². The number of nitrogens with two attached hydrogens (primary N) is 1. The molecule has 14 heteroatoms. The van der Waals surface area contributed by atoms with Gasteiger partial charge >= 0.3 is 5.97 Å². The molecule has 3 fully saturated rings. The number of carboxylic acids is 1. The molecule has 4 heterocycles. The second kappa shape index (κ2) is 14.2. The van der Waals surface area contributed by atoms with Gasteiger partial charge in [-0.25, -0.2) is 15.2 Å². The molecule has 0 bridgehead atoms. The molecule has 0 radical (unpaired) electrons. The van der Waals surface area contributed by atoms with Crippen LogP contribution in [0.25, 0.3) is 0 Å². The third-order valence-corrected chi connectivity index (χ3v) is 8.82. The maximum Gasteiger partial charge on any atom is 0.326 e. The molecule has 3 amide bonds. The third-order valence-electron chi connectivity index (χ3n) is 8.82. The minimum absolute atomic E-state index is 0.0402. The largest absolute Gasteiger partial charge is 0.480 e. The first-order chi connectivity index (χ1) is 20.1. The molecule has 0 saturated carbocycles. The number of hydrogen-bond donors (Lipinski definition) is 6. The highest BCUT2D eigenvalue weighted by Crippen LogP contribution is 2.23. The van der Waals surface area contributed by atoms with Crippen molar-refractivity contribution in [2.24, 2.45) is 11.7 Å². The average molecular weight is 589 g/mol. The van der Waals surface area contributed by atoms with Gasteiger partial charge in [0.25, 0.3) is 5.91 Å². The van der Waals surface area contributed by atoms with E-state index in [1.807, 2.05) is 13.8 Å². The number of nitrogens with zero attached hydrogens (tertiary/aromatic N) is 3. The summed E-state index contributed by atoms with van der Waals surface area (Å²) in [4.78, 5) is 73.8. The van der Waals surface area contributed by atoms with Gasteiger partial charge in [-0.1, -0.05) is 20.3 Å².